The summed E-state index contributed by atoms with van der Waals surface area (Å²) in [6, 6.07) is 9.51. The lowest BCUT2D eigenvalue weighted by molar-refractivity contribution is -0.134. The number of fused-ring (bicyclic) bond motifs is 3. The number of rotatable bonds is 5. The molecule has 2 amide bonds. The molecule has 26 heavy (non-hydrogen) atoms. The maximum Gasteiger partial charge on any atom is 0.235 e. The quantitative estimate of drug-likeness (QED) is 0.559. The van der Waals surface area contributed by atoms with Crippen LogP contribution in [0.1, 0.15) is 24.5 Å². The highest BCUT2D eigenvalue weighted by molar-refractivity contribution is 6.10. The number of amides is 2. The molecule has 0 saturated carbocycles. The van der Waals surface area contributed by atoms with Gasteiger partial charge < -0.3 is 14.0 Å². The first-order valence-electron chi connectivity index (χ1n) is 8.45. The maximum absolute atomic E-state index is 12.2. The number of ether oxygens (including phenoxy) is 2. The molecule has 0 bridgehead atoms. The van der Waals surface area contributed by atoms with Gasteiger partial charge in [0.1, 0.15) is 18.1 Å². The number of hydrogen-bond acceptors (Lipinski definition) is 6. The lowest BCUT2D eigenvalue weighted by Crippen LogP contribution is -2.39. The molecule has 2 heterocycles. The molecule has 0 aliphatic carbocycles. The zero-order valence-electron chi connectivity index (χ0n) is 14.3. The number of imide groups is 1. The van der Waals surface area contributed by atoms with Gasteiger partial charge >= 0.3 is 0 Å². The molecule has 134 valence electrons. The Labute approximate surface area is 149 Å². The summed E-state index contributed by atoms with van der Waals surface area (Å²) in [5, 5.41) is 9.21. The van der Waals surface area contributed by atoms with Gasteiger partial charge in [0.15, 0.2) is 5.58 Å². The Bertz CT molecular complexity index is 994. The van der Waals surface area contributed by atoms with E-state index in [1.165, 1.54) is 0 Å². The monoisotopic (exact) mass is 354 g/mol. The van der Waals surface area contributed by atoms with Crippen LogP contribution in [0.15, 0.2) is 34.9 Å². The second-order valence-corrected chi connectivity index (χ2v) is 6.23. The molecule has 1 fully saturated rings. The molecule has 7 nitrogen and oxygen atoms in total. The third-order valence-corrected chi connectivity index (χ3v) is 4.58. The first kappa shape index (κ1) is 16.5. The Morgan fingerprint density at radius 3 is 2.92 bits per heavy atom. The van der Waals surface area contributed by atoms with Gasteiger partial charge in [-0.3, -0.25) is 14.9 Å². The molecule has 0 radical (unpaired) electrons. The zero-order valence-corrected chi connectivity index (χ0v) is 14.3. The minimum Gasteiger partial charge on any atom is -0.491 e. The van der Waals surface area contributed by atoms with Crippen molar-refractivity contribution in [2.75, 3.05) is 20.3 Å². The Kier molecular flexibility index (Phi) is 4.30. The Balaban J connectivity index is 1.75. The predicted octanol–water partition coefficient (Wildman–Crippen LogP) is 2.53. The van der Waals surface area contributed by atoms with Crippen molar-refractivity contribution in [2.45, 2.75) is 18.8 Å². The summed E-state index contributed by atoms with van der Waals surface area (Å²) in [7, 11) is 1.63. The van der Waals surface area contributed by atoms with Crippen LogP contribution in [-0.2, 0) is 14.3 Å². The van der Waals surface area contributed by atoms with E-state index >= 15 is 0 Å². The number of carbonyl (C=O) groups excluding carboxylic acids is 2. The van der Waals surface area contributed by atoms with Gasteiger partial charge in [-0.1, -0.05) is 11.2 Å². The van der Waals surface area contributed by atoms with Crippen LogP contribution in [0.25, 0.3) is 21.7 Å². The first-order valence-corrected chi connectivity index (χ1v) is 8.45. The minimum atomic E-state index is -0.489. The number of nitrogens with zero attached hydrogens (tertiary/aromatic N) is 1. The van der Waals surface area contributed by atoms with Crippen molar-refractivity contribution in [2.24, 2.45) is 0 Å². The van der Waals surface area contributed by atoms with E-state index in [2.05, 4.69) is 10.5 Å². The maximum atomic E-state index is 12.2. The van der Waals surface area contributed by atoms with Gasteiger partial charge in [-0.15, -0.1) is 0 Å². The summed E-state index contributed by atoms with van der Waals surface area (Å²) >= 11 is 0. The van der Waals surface area contributed by atoms with Gasteiger partial charge in [0, 0.05) is 13.5 Å². The Morgan fingerprint density at radius 1 is 1.23 bits per heavy atom. The number of nitrogens with one attached hydrogen (secondary N) is 1. The number of benzene rings is 2. The molecule has 1 aliphatic heterocycles. The van der Waals surface area contributed by atoms with Crippen molar-refractivity contribution in [1.29, 1.82) is 0 Å². The van der Waals surface area contributed by atoms with Crippen molar-refractivity contribution in [3.63, 3.8) is 0 Å². The highest BCUT2D eigenvalue weighted by Crippen LogP contribution is 2.36. The molecule has 1 aromatic heterocycles. The first-order chi connectivity index (χ1) is 12.7. The van der Waals surface area contributed by atoms with E-state index in [-0.39, 0.29) is 11.8 Å². The third-order valence-electron chi connectivity index (χ3n) is 4.58. The van der Waals surface area contributed by atoms with E-state index in [9.17, 15) is 9.59 Å². The molecule has 3 aromatic rings. The number of piperidine rings is 1. The molecule has 4 rings (SSSR count). The van der Waals surface area contributed by atoms with E-state index in [0.717, 1.165) is 21.9 Å². The molecule has 0 unspecified atom stereocenters. The van der Waals surface area contributed by atoms with Crippen molar-refractivity contribution < 1.29 is 23.6 Å². The van der Waals surface area contributed by atoms with E-state index in [1.807, 2.05) is 30.3 Å². The van der Waals surface area contributed by atoms with Gasteiger partial charge in [0.25, 0.3) is 0 Å². The van der Waals surface area contributed by atoms with Crippen molar-refractivity contribution >= 4 is 33.6 Å². The summed E-state index contributed by atoms with van der Waals surface area (Å²) < 4.78 is 16.1. The summed E-state index contributed by atoms with van der Waals surface area (Å²) in [6.45, 7) is 0.988. The van der Waals surface area contributed by atoms with Crippen LogP contribution < -0.4 is 10.1 Å². The minimum absolute atomic E-state index is 0.248. The van der Waals surface area contributed by atoms with Gasteiger partial charge in [0.2, 0.25) is 11.8 Å². The second-order valence-electron chi connectivity index (χ2n) is 6.23. The Hall–Kier alpha value is -2.93. The normalized spacial score (nSPS) is 17.7. The lowest BCUT2D eigenvalue weighted by atomic mass is 9.91. The van der Waals surface area contributed by atoms with Crippen LogP contribution in [0, 0.1) is 0 Å². The van der Waals surface area contributed by atoms with Crippen LogP contribution >= 0.6 is 0 Å². The molecule has 2 aromatic carbocycles. The average Bonchev–Trinajstić information content (AvgIpc) is 3.06. The number of aromatic nitrogens is 1. The number of carbonyl (C=O) groups is 2. The highest BCUT2D eigenvalue weighted by Gasteiger charge is 2.32. The van der Waals surface area contributed by atoms with Crippen molar-refractivity contribution in [1.82, 2.24) is 10.5 Å². The molecule has 0 spiro atoms. The smallest absolute Gasteiger partial charge is 0.235 e. The summed E-state index contributed by atoms with van der Waals surface area (Å²) in [5.74, 6) is -0.320. The zero-order chi connectivity index (χ0) is 18.1. The molecule has 1 saturated heterocycles. The lowest BCUT2D eigenvalue weighted by Gasteiger charge is -2.19. The summed E-state index contributed by atoms with van der Waals surface area (Å²) in [4.78, 5) is 23.6. The average molecular weight is 354 g/mol. The molecule has 1 atom stereocenters. The number of methoxy groups -OCH3 is 1. The van der Waals surface area contributed by atoms with Crippen LogP contribution in [0.3, 0.4) is 0 Å². The predicted molar refractivity (Wildman–Crippen MR) is 94.0 cm³/mol. The van der Waals surface area contributed by atoms with E-state index in [0.29, 0.717) is 37.3 Å². The Morgan fingerprint density at radius 2 is 2.12 bits per heavy atom. The topological polar surface area (TPSA) is 90.7 Å². The third kappa shape index (κ3) is 2.90. The van der Waals surface area contributed by atoms with E-state index < -0.39 is 5.92 Å². The van der Waals surface area contributed by atoms with Crippen LogP contribution in [-0.4, -0.2) is 37.3 Å². The molecule has 7 heteroatoms. The molecule has 1 N–H and O–H groups in total. The molecule has 1 aliphatic rings. The second kappa shape index (κ2) is 6.76. The van der Waals surface area contributed by atoms with Gasteiger partial charge in [-0.05, 0) is 41.5 Å². The van der Waals surface area contributed by atoms with E-state index in [1.54, 1.807) is 7.11 Å². The highest BCUT2D eigenvalue weighted by atomic mass is 16.5. The van der Waals surface area contributed by atoms with Crippen molar-refractivity contribution in [3.05, 3.63) is 36.0 Å². The van der Waals surface area contributed by atoms with E-state index in [4.69, 9.17) is 14.0 Å². The van der Waals surface area contributed by atoms with Crippen LogP contribution in [0.2, 0.25) is 0 Å². The molecular weight excluding hydrogens is 336 g/mol. The van der Waals surface area contributed by atoms with Crippen LogP contribution in [0.4, 0.5) is 0 Å². The van der Waals surface area contributed by atoms with Gasteiger partial charge in [-0.2, -0.15) is 0 Å². The fourth-order valence-electron chi connectivity index (χ4n) is 3.30. The number of hydrogen-bond donors (Lipinski definition) is 1. The van der Waals surface area contributed by atoms with Crippen LogP contribution in [0.5, 0.6) is 5.75 Å². The summed E-state index contributed by atoms with van der Waals surface area (Å²) in [6.07, 6.45) is 0.730. The van der Waals surface area contributed by atoms with Crippen molar-refractivity contribution in [3.8, 4) is 5.75 Å². The SMILES string of the molecule is COCCOc1ccc2c(ccc3onc([C@@H]4CCC(=O)NC4=O)c32)c1. The largest absolute Gasteiger partial charge is 0.491 e. The van der Waals surface area contributed by atoms with Gasteiger partial charge in [-0.25, -0.2) is 0 Å². The fraction of sp³-hybridized carbons (Fsp3) is 0.316. The molecular formula is C19H18N2O5. The standard InChI is InChI=1S/C19H18N2O5/c1-24-8-9-25-12-3-4-13-11(10-12)2-6-15-17(13)18(21-26-15)14-5-7-16(22)20-19(14)23/h2-4,6,10,14H,5,7-9H2,1H3,(H,20,22,23)/t14-/m0/s1. The van der Waals surface area contributed by atoms with Gasteiger partial charge in [0.05, 0.1) is 17.9 Å². The summed E-state index contributed by atoms with van der Waals surface area (Å²) in [5.41, 5.74) is 1.19. The fourth-order valence-corrected chi connectivity index (χ4v) is 3.30.